The van der Waals surface area contributed by atoms with Crippen LogP contribution in [0.25, 0.3) is 10.9 Å². The number of hydrogen-bond donors (Lipinski definition) is 0. The second-order valence-electron chi connectivity index (χ2n) is 3.78. The molecule has 0 N–H and O–H groups in total. The molecule has 0 atom stereocenters. The standard InChI is InChI=1S/C13H14ClNO/c1-4-9-5-10-7-11(14)8(2)15-13(10)12(6-9)16-3/h5-7H,4H2,1-3H3. The minimum Gasteiger partial charge on any atom is -0.494 e. The maximum absolute atomic E-state index is 6.08. The fourth-order valence-corrected chi connectivity index (χ4v) is 1.90. The number of benzene rings is 1. The maximum Gasteiger partial charge on any atom is 0.145 e. The van der Waals surface area contributed by atoms with Gasteiger partial charge < -0.3 is 4.74 Å². The van der Waals surface area contributed by atoms with Crippen LogP contribution in [0.1, 0.15) is 18.2 Å². The first-order valence-electron chi connectivity index (χ1n) is 5.29. The minimum atomic E-state index is 0.697. The van der Waals surface area contributed by atoms with Crippen molar-refractivity contribution in [3.63, 3.8) is 0 Å². The average molecular weight is 236 g/mol. The zero-order valence-corrected chi connectivity index (χ0v) is 10.4. The number of methoxy groups -OCH3 is 1. The molecule has 2 rings (SSSR count). The summed E-state index contributed by atoms with van der Waals surface area (Å²) in [5.74, 6) is 0.814. The van der Waals surface area contributed by atoms with Gasteiger partial charge in [0.05, 0.1) is 17.8 Å². The van der Waals surface area contributed by atoms with Crippen molar-refractivity contribution in [2.75, 3.05) is 7.11 Å². The van der Waals surface area contributed by atoms with E-state index in [1.165, 1.54) is 5.56 Å². The van der Waals surface area contributed by atoms with Crippen LogP contribution in [0, 0.1) is 6.92 Å². The molecular formula is C13H14ClNO. The highest BCUT2D eigenvalue weighted by Crippen LogP contribution is 2.29. The summed E-state index contributed by atoms with van der Waals surface area (Å²) in [7, 11) is 1.67. The Kier molecular flexibility index (Phi) is 3.01. The van der Waals surface area contributed by atoms with Crippen molar-refractivity contribution < 1.29 is 4.74 Å². The number of rotatable bonds is 2. The van der Waals surface area contributed by atoms with Gasteiger partial charge in [-0.05, 0) is 37.1 Å². The third kappa shape index (κ3) is 1.85. The maximum atomic E-state index is 6.08. The first-order valence-corrected chi connectivity index (χ1v) is 5.67. The van der Waals surface area contributed by atoms with Crippen LogP contribution in [0.3, 0.4) is 0 Å². The lowest BCUT2D eigenvalue weighted by atomic mass is 10.1. The molecule has 0 aliphatic rings. The lowest BCUT2D eigenvalue weighted by molar-refractivity contribution is 0.418. The molecule has 0 saturated carbocycles. The molecule has 0 fully saturated rings. The Balaban J connectivity index is 2.79. The van der Waals surface area contributed by atoms with Gasteiger partial charge in [-0.15, -0.1) is 0 Å². The van der Waals surface area contributed by atoms with Crippen molar-refractivity contribution in [3.05, 3.63) is 34.5 Å². The molecule has 0 bridgehead atoms. The fraction of sp³-hybridized carbons (Fsp3) is 0.308. The van der Waals surface area contributed by atoms with E-state index in [-0.39, 0.29) is 0 Å². The molecule has 0 unspecified atom stereocenters. The zero-order valence-electron chi connectivity index (χ0n) is 9.67. The van der Waals surface area contributed by atoms with Gasteiger partial charge in [-0.2, -0.15) is 0 Å². The Hall–Kier alpha value is -1.28. The van der Waals surface area contributed by atoms with Crippen molar-refractivity contribution in [1.29, 1.82) is 0 Å². The first kappa shape index (κ1) is 11.2. The van der Waals surface area contributed by atoms with E-state index in [0.717, 1.165) is 28.8 Å². The average Bonchev–Trinajstić information content (AvgIpc) is 2.29. The van der Waals surface area contributed by atoms with Crippen molar-refractivity contribution in [3.8, 4) is 5.75 Å². The SMILES string of the molecule is CCc1cc(OC)c2nc(C)c(Cl)cc2c1. The van der Waals surface area contributed by atoms with Crippen LogP contribution in [-0.4, -0.2) is 12.1 Å². The van der Waals surface area contributed by atoms with E-state index in [1.807, 2.05) is 19.1 Å². The smallest absolute Gasteiger partial charge is 0.145 e. The number of ether oxygens (including phenoxy) is 1. The van der Waals surface area contributed by atoms with E-state index >= 15 is 0 Å². The van der Waals surface area contributed by atoms with Gasteiger partial charge in [0, 0.05) is 5.39 Å². The van der Waals surface area contributed by atoms with Crippen LogP contribution in [-0.2, 0) is 6.42 Å². The minimum absolute atomic E-state index is 0.697. The summed E-state index contributed by atoms with van der Waals surface area (Å²) in [4.78, 5) is 4.46. The molecule has 0 aliphatic carbocycles. The van der Waals surface area contributed by atoms with E-state index in [2.05, 4.69) is 18.0 Å². The molecule has 1 heterocycles. The van der Waals surface area contributed by atoms with E-state index in [1.54, 1.807) is 7.11 Å². The lowest BCUT2D eigenvalue weighted by Gasteiger charge is -2.09. The van der Waals surface area contributed by atoms with E-state index < -0.39 is 0 Å². The van der Waals surface area contributed by atoms with Crippen molar-refractivity contribution in [2.45, 2.75) is 20.3 Å². The van der Waals surface area contributed by atoms with Gasteiger partial charge in [-0.25, -0.2) is 4.98 Å². The van der Waals surface area contributed by atoms with Gasteiger partial charge in [0.25, 0.3) is 0 Å². The van der Waals surface area contributed by atoms with Gasteiger partial charge in [0.15, 0.2) is 0 Å². The third-order valence-electron chi connectivity index (χ3n) is 2.70. The highest BCUT2D eigenvalue weighted by molar-refractivity contribution is 6.31. The molecule has 84 valence electrons. The Morgan fingerprint density at radius 1 is 1.31 bits per heavy atom. The van der Waals surface area contributed by atoms with Crippen molar-refractivity contribution >= 4 is 22.5 Å². The van der Waals surface area contributed by atoms with Crippen LogP contribution in [0.4, 0.5) is 0 Å². The second kappa shape index (κ2) is 4.30. The van der Waals surface area contributed by atoms with Gasteiger partial charge >= 0.3 is 0 Å². The van der Waals surface area contributed by atoms with Gasteiger partial charge in [0.2, 0.25) is 0 Å². The van der Waals surface area contributed by atoms with Gasteiger partial charge in [-0.1, -0.05) is 18.5 Å². The fourth-order valence-electron chi connectivity index (χ4n) is 1.74. The number of hydrogen-bond acceptors (Lipinski definition) is 2. The largest absolute Gasteiger partial charge is 0.494 e. The number of pyridine rings is 1. The summed E-state index contributed by atoms with van der Waals surface area (Å²) in [6.07, 6.45) is 0.970. The molecule has 1 aromatic heterocycles. The number of aromatic nitrogens is 1. The molecular weight excluding hydrogens is 222 g/mol. The molecule has 0 amide bonds. The summed E-state index contributed by atoms with van der Waals surface area (Å²) in [6.45, 7) is 4.01. The van der Waals surface area contributed by atoms with E-state index in [4.69, 9.17) is 16.3 Å². The summed E-state index contributed by atoms with van der Waals surface area (Å²) >= 11 is 6.08. The van der Waals surface area contributed by atoms with Gasteiger partial charge in [0.1, 0.15) is 11.3 Å². The highest BCUT2D eigenvalue weighted by Gasteiger charge is 2.08. The van der Waals surface area contributed by atoms with Crippen LogP contribution in [0.15, 0.2) is 18.2 Å². The molecule has 0 spiro atoms. The molecule has 3 heteroatoms. The van der Waals surface area contributed by atoms with E-state index in [0.29, 0.717) is 5.02 Å². The number of aryl methyl sites for hydroxylation is 2. The molecule has 0 saturated heterocycles. The Morgan fingerprint density at radius 3 is 2.69 bits per heavy atom. The van der Waals surface area contributed by atoms with Crippen LogP contribution < -0.4 is 4.74 Å². The van der Waals surface area contributed by atoms with Crippen LogP contribution in [0.2, 0.25) is 5.02 Å². The highest BCUT2D eigenvalue weighted by atomic mass is 35.5. The summed E-state index contributed by atoms with van der Waals surface area (Å²) in [5.41, 5.74) is 2.93. The topological polar surface area (TPSA) is 22.1 Å². The second-order valence-corrected chi connectivity index (χ2v) is 4.19. The van der Waals surface area contributed by atoms with Crippen LogP contribution >= 0.6 is 11.6 Å². The first-order chi connectivity index (χ1) is 7.65. The van der Waals surface area contributed by atoms with Crippen LogP contribution in [0.5, 0.6) is 5.75 Å². The third-order valence-corrected chi connectivity index (χ3v) is 3.08. The zero-order chi connectivity index (χ0) is 11.7. The van der Waals surface area contributed by atoms with Gasteiger partial charge in [-0.3, -0.25) is 0 Å². The number of halogens is 1. The molecule has 1 aromatic carbocycles. The Morgan fingerprint density at radius 2 is 2.06 bits per heavy atom. The summed E-state index contributed by atoms with van der Waals surface area (Å²) in [5, 5.41) is 1.73. The Bertz CT molecular complexity index is 537. The molecule has 2 aromatic rings. The molecule has 16 heavy (non-hydrogen) atoms. The quantitative estimate of drug-likeness (QED) is 0.791. The van der Waals surface area contributed by atoms with Crippen molar-refractivity contribution in [2.24, 2.45) is 0 Å². The Labute approximate surface area is 100 Å². The summed E-state index contributed by atoms with van der Waals surface area (Å²) < 4.78 is 5.36. The van der Waals surface area contributed by atoms with Crippen molar-refractivity contribution in [1.82, 2.24) is 4.98 Å². The number of fused-ring (bicyclic) bond motifs is 1. The number of nitrogens with zero attached hydrogens (tertiary/aromatic N) is 1. The molecule has 2 nitrogen and oxygen atoms in total. The lowest BCUT2D eigenvalue weighted by Crippen LogP contribution is -1.93. The predicted molar refractivity (Wildman–Crippen MR) is 67.4 cm³/mol. The predicted octanol–water partition coefficient (Wildman–Crippen LogP) is 3.77. The van der Waals surface area contributed by atoms with E-state index in [9.17, 15) is 0 Å². The normalized spacial score (nSPS) is 10.8. The monoisotopic (exact) mass is 235 g/mol. The molecule has 0 aliphatic heterocycles. The molecule has 0 radical (unpaired) electrons. The summed E-state index contributed by atoms with van der Waals surface area (Å²) in [6, 6.07) is 6.08.